The second kappa shape index (κ2) is 46.6. The first-order valence-corrected chi connectivity index (χ1v) is 30.8. The van der Waals surface area contributed by atoms with Crippen LogP contribution in [0.1, 0.15) is 24.6 Å². The van der Waals surface area contributed by atoms with Gasteiger partial charge in [-0.25, -0.2) is 0 Å². The number of hydrogen-bond acceptors (Lipinski definition) is 11. The maximum Gasteiger partial charge on any atom is 1.00 e. The van der Waals surface area contributed by atoms with E-state index in [4.69, 9.17) is 77.0 Å². The minimum Gasteiger partial charge on any atom is -0.343 e. The number of alkyl halides is 2. The molecule has 21 heteroatoms. The van der Waals surface area contributed by atoms with Gasteiger partial charge in [0, 0.05) is 88.1 Å². The Morgan fingerprint density at radius 3 is 1.49 bits per heavy atom. The Kier molecular flexibility index (Phi) is 48.2. The summed E-state index contributed by atoms with van der Waals surface area (Å²) >= 11 is 51.7. The molecule has 381 valence electrons. The van der Waals surface area contributed by atoms with E-state index in [0.29, 0.717) is 0 Å². The smallest absolute Gasteiger partial charge is 0.343 e. The van der Waals surface area contributed by atoms with Crippen molar-refractivity contribution < 1.29 is 37.8 Å². The molecule has 5 aromatic carbocycles. The van der Waals surface area contributed by atoms with Crippen molar-refractivity contribution in [1.29, 1.82) is 0 Å². The van der Waals surface area contributed by atoms with Gasteiger partial charge in [0.1, 0.15) is 0 Å². The summed E-state index contributed by atoms with van der Waals surface area (Å²) in [6.07, 6.45) is 2.02. The van der Waals surface area contributed by atoms with Gasteiger partial charge < -0.3 is 25.9 Å². The molecule has 0 aliphatic carbocycles. The fourth-order valence-corrected chi connectivity index (χ4v) is 10.3. The van der Waals surface area contributed by atoms with Crippen LogP contribution in [0.3, 0.4) is 0 Å². The van der Waals surface area contributed by atoms with Gasteiger partial charge in [-0.1, -0.05) is 110 Å². The number of benzene rings is 5. The number of thiophene rings is 3. The van der Waals surface area contributed by atoms with Crippen LogP contribution in [0.15, 0.2) is 145 Å². The van der Waals surface area contributed by atoms with Crippen LogP contribution in [-0.4, -0.2) is 64.7 Å². The quantitative estimate of drug-likeness (QED) is 0.0287. The molecule has 8 aromatic rings. The summed E-state index contributed by atoms with van der Waals surface area (Å²) in [6.45, 7) is 7.83. The Morgan fingerprint density at radius 1 is 0.662 bits per heavy atom. The van der Waals surface area contributed by atoms with Crippen LogP contribution >= 0.6 is 184 Å². The average molecular weight is 1410 g/mol. The van der Waals surface area contributed by atoms with E-state index in [-0.39, 0.29) is 31.4 Å². The maximum atomic E-state index is 5.83. The molecule has 0 saturated carbocycles. The van der Waals surface area contributed by atoms with Crippen LogP contribution in [0.5, 0.6) is 0 Å². The van der Waals surface area contributed by atoms with Gasteiger partial charge in [0.05, 0.1) is 9.12 Å². The summed E-state index contributed by atoms with van der Waals surface area (Å²) in [7, 11) is 10.8. The number of unbranched alkanes of at least 4 members (excludes halogenated alkanes) is 1. The van der Waals surface area contributed by atoms with Crippen LogP contribution in [0, 0.1) is 13.8 Å². The van der Waals surface area contributed by atoms with Crippen LogP contribution < -0.4 is 18.9 Å². The van der Waals surface area contributed by atoms with Crippen LogP contribution in [-0.2, 0) is 18.9 Å². The van der Waals surface area contributed by atoms with Crippen molar-refractivity contribution in [2.24, 2.45) is 4.30 Å². The van der Waals surface area contributed by atoms with Gasteiger partial charge in [0.15, 0.2) is 12.6 Å². The number of ether oxygens (including phenoxy) is 4. The number of rotatable bonds is 9. The molecule has 0 fully saturated rings. The molecule has 0 amide bonds. The molecule has 0 saturated heterocycles. The molecule has 71 heavy (non-hydrogen) atoms. The third-order valence-electron chi connectivity index (χ3n) is 8.02. The van der Waals surface area contributed by atoms with Crippen molar-refractivity contribution in [3.05, 3.63) is 167 Å². The largest absolute Gasteiger partial charge is 1.00 e. The zero-order valence-electron chi connectivity index (χ0n) is 40.5. The number of hydrogen-bond donors (Lipinski definition) is 2. The number of thiol groups is 2. The molecule has 0 spiro atoms. The van der Waals surface area contributed by atoms with Gasteiger partial charge >= 0.3 is 43.6 Å². The molecular weight excluding hydrogens is 1350 g/mol. The molecule has 3 heterocycles. The summed E-state index contributed by atoms with van der Waals surface area (Å²) < 4.78 is 27.4. The van der Waals surface area contributed by atoms with E-state index in [2.05, 4.69) is 142 Å². The SMILES string of the molecule is CI.COC(CBr)OC.COC(CSc1ccc(Cl)cc1)OC.Cc1cc2cc(Cl)ccc2s1.Clc1ccc2sc(Br)cc2c1.Clc1ccc2sccc2c1.Sc1ccc(Cl)cc1.[B]=NS.[CH2-]CCC.[Li+]. The number of halogens is 8. The zero-order valence-corrected chi connectivity index (χ0v) is 54.7. The van der Waals surface area contributed by atoms with Gasteiger partial charge in [0.25, 0.3) is 0 Å². The van der Waals surface area contributed by atoms with E-state index in [1.165, 1.54) is 41.6 Å². The number of fused-ring (bicyclic) bond motifs is 3. The first-order valence-electron chi connectivity index (χ1n) is 20.4. The van der Waals surface area contributed by atoms with Gasteiger partial charge in [-0.05, 0) is 171 Å². The monoisotopic (exact) mass is 1400 g/mol. The van der Waals surface area contributed by atoms with Gasteiger partial charge in [-0.2, -0.15) is 6.42 Å². The molecule has 0 aliphatic rings. The molecule has 1 radical (unpaired) electrons. The molecule has 8 rings (SSSR count). The molecular formula is C50H56BBr2Cl5ILiNO4S6. The Morgan fingerprint density at radius 2 is 1.07 bits per heavy atom. The van der Waals surface area contributed by atoms with Crippen molar-refractivity contribution >= 4 is 222 Å². The zero-order chi connectivity index (χ0) is 52.9. The third-order valence-corrected chi connectivity index (χ3v) is 14.7. The van der Waals surface area contributed by atoms with Gasteiger partial charge in [0.2, 0.25) is 0 Å². The predicted octanol–water partition coefficient (Wildman–Crippen LogP) is 18.3. The number of aryl methyl sites for hydroxylation is 1. The molecule has 0 aliphatic heterocycles. The number of thioether (sulfide) groups is 1. The fraction of sp³-hybridized carbons (Fsp3) is 0.260. The normalized spacial score (nSPS) is 9.68. The molecule has 5 nitrogen and oxygen atoms in total. The summed E-state index contributed by atoms with van der Waals surface area (Å²) in [5.74, 6) is 0.772. The Labute approximate surface area is 518 Å². The van der Waals surface area contributed by atoms with Crippen molar-refractivity contribution in [2.75, 3.05) is 44.5 Å². The third kappa shape index (κ3) is 34.8. The van der Waals surface area contributed by atoms with Crippen molar-refractivity contribution in [2.45, 2.75) is 49.1 Å². The molecule has 0 N–H and O–H groups in total. The molecule has 0 unspecified atom stereocenters. The Bertz CT molecular complexity index is 2460. The number of methoxy groups -OCH3 is 4. The summed E-state index contributed by atoms with van der Waals surface area (Å²) in [6, 6.07) is 39.2. The minimum absolute atomic E-state index is 0. The fourth-order valence-electron chi connectivity index (χ4n) is 4.66. The van der Waals surface area contributed by atoms with Crippen LogP contribution in [0.4, 0.5) is 0 Å². The number of nitrogens with zero attached hydrogens (tertiary/aromatic N) is 1. The predicted molar refractivity (Wildman–Crippen MR) is 341 cm³/mol. The van der Waals surface area contributed by atoms with E-state index < -0.39 is 0 Å². The van der Waals surface area contributed by atoms with Gasteiger partial charge in [-0.3, -0.25) is 0 Å². The van der Waals surface area contributed by atoms with Crippen molar-refractivity contribution in [3.63, 3.8) is 0 Å². The second-order valence-electron chi connectivity index (χ2n) is 13.0. The van der Waals surface area contributed by atoms with E-state index >= 15 is 0 Å². The van der Waals surface area contributed by atoms with Crippen molar-refractivity contribution in [1.82, 2.24) is 0 Å². The molecule has 3 aromatic heterocycles. The first kappa shape index (κ1) is 73.5. The van der Waals surface area contributed by atoms with Gasteiger partial charge in [-0.15, -0.1) is 58.4 Å². The van der Waals surface area contributed by atoms with Crippen LogP contribution in [0.25, 0.3) is 30.3 Å². The standard InChI is InChI=1S/C10H13ClO2S.C9H7ClS.C8H4BrClS.C8H5ClS.C6H5ClS.C4H9BrO2.C4H9.CH3I.BHNS.Li/c1-12-10(13-2)7-14-9-5-3-8(11)4-6-9;1-6-4-7-5-8(10)2-3-9(7)11-6;9-8-4-5-3-6(10)1-2-7(5)11-8;9-7-1-2-8-6(5-7)3-4-10-8;7-5-1-3-6(8)4-2-5;1-6-4(3-5)7-2;1-3-4-2;1-2;1-2-3;/h3-6,10H,7H2,1-2H3;2-5H,1H3;1-4H;1-5H;1-4,8H;4H,3H2,1-2H3;1,3-4H2,2H3;1H3;3H;/q;;;;;;-1;;;+1. The van der Waals surface area contributed by atoms with E-state index in [1.54, 1.807) is 74.2 Å². The van der Waals surface area contributed by atoms with E-state index in [0.717, 1.165) is 56.2 Å². The van der Waals surface area contributed by atoms with E-state index in [9.17, 15) is 0 Å². The average Bonchev–Trinajstić information content (AvgIpc) is 4.09. The second-order valence-corrected chi connectivity index (χ2v) is 22.4. The van der Waals surface area contributed by atoms with Crippen molar-refractivity contribution in [3.8, 4) is 0 Å². The topological polar surface area (TPSA) is 49.3 Å². The minimum atomic E-state index is -0.157. The molecule has 0 bridgehead atoms. The van der Waals surface area contributed by atoms with Crippen LogP contribution in [0.2, 0.25) is 25.1 Å². The first-order chi connectivity index (χ1) is 33.6. The summed E-state index contributed by atoms with van der Waals surface area (Å²) in [4.78, 5) is 5.41. The molecule has 0 atom stereocenters. The summed E-state index contributed by atoms with van der Waals surface area (Å²) in [5, 5.41) is 10.4. The summed E-state index contributed by atoms with van der Waals surface area (Å²) in [5.41, 5.74) is 0. The Balaban J connectivity index is 0. The Hall–Kier alpha value is 0.472. The van der Waals surface area contributed by atoms with E-state index in [1.807, 2.05) is 102 Å². The maximum absolute atomic E-state index is 5.83.